The highest BCUT2D eigenvalue weighted by molar-refractivity contribution is 6.06. The van der Waals surface area contributed by atoms with E-state index >= 15 is 0 Å². The molecule has 4 nitrogen and oxygen atoms in total. The number of ketones is 1. The van der Waals surface area contributed by atoms with Crippen LogP contribution in [-0.2, 0) is 17.6 Å². The monoisotopic (exact) mass is 279 g/mol. The Morgan fingerprint density at radius 1 is 1.45 bits per heavy atom. The number of halogens is 1. The van der Waals surface area contributed by atoms with Crippen LogP contribution in [0.5, 0.6) is 0 Å². The van der Waals surface area contributed by atoms with E-state index < -0.39 is 5.82 Å². The Balaban J connectivity index is 2.54. The van der Waals surface area contributed by atoms with Gasteiger partial charge in [-0.1, -0.05) is 0 Å². The zero-order chi connectivity index (χ0) is 14.7. The predicted octanol–water partition coefficient (Wildman–Crippen LogP) is 2.23. The third-order valence-electron chi connectivity index (χ3n) is 3.50. The summed E-state index contributed by atoms with van der Waals surface area (Å²) in [7, 11) is 0. The van der Waals surface area contributed by atoms with Crippen LogP contribution in [-0.4, -0.2) is 23.4 Å². The van der Waals surface area contributed by atoms with E-state index in [1.807, 2.05) is 0 Å². The van der Waals surface area contributed by atoms with Crippen molar-refractivity contribution in [3.05, 3.63) is 28.6 Å². The van der Waals surface area contributed by atoms with Crippen molar-refractivity contribution in [2.45, 2.75) is 39.0 Å². The van der Waals surface area contributed by atoms with Crippen LogP contribution in [0.2, 0.25) is 0 Å². The molecule has 1 aliphatic carbocycles. The highest BCUT2D eigenvalue weighted by atomic mass is 19.1. The number of aliphatic hydroxyl groups is 1. The van der Waals surface area contributed by atoms with E-state index in [-0.39, 0.29) is 24.0 Å². The Labute approximate surface area is 117 Å². The molecule has 1 aromatic rings. The summed E-state index contributed by atoms with van der Waals surface area (Å²) in [6.07, 6.45) is 2.60. The lowest BCUT2D eigenvalue weighted by Crippen LogP contribution is -2.19. The third-order valence-corrected chi connectivity index (χ3v) is 3.50. The fraction of sp³-hybridized carbons (Fsp3) is 0.467. The van der Waals surface area contributed by atoms with Gasteiger partial charge >= 0.3 is 0 Å². The molecule has 0 fully saturated rings. The van der Waals surface area contributed by atoms with Gasteiger partial charge in [0.25, 0.3) is 0 Å². The van der Waals surface area contributed by atoms with Crippen molar-refractivity contribution in [1.29, 1.82) is 0 Å². The number of nitrogens with one attached hydrogen (secondary N) is 1. The second-order valence-electron chi connectivity index (χ2n) is 5.02. The van der Waals surface area contributed by atoms with Crippen LogP contribution in [0.1, 0.15) is 47.7 Å². The van der Waals surface area contributed by atoms with Crippen LogP contribution in [0.25, 0.3) is 0 Å². The summed E-state index contributed by atoms with van der Waals surface area (Å²) >= 11 is 0. The van der Waals surface area contributed by atoms with Gasteiger partial charge in [-0.25, -0.2) is 4.39 Å². The van der Waals surface area contributed by atoms with E-state index in [0.717, 1.165) is 0 Å². The molecule has 0 heterocycles. The molecule has 2 N–H and O–H groups in total. The molecular weight excluding hydrogens is 261 g/mol. The lowest BCUT2D eigenvalue weighted by atomic mass is 9.84. The Bertz CT molecular complexity index is 555. The summed E-state index contributed by atoms with van der Waals surface area (Å²) in [5.41, 5.74) is 1.90. The maximum absolute atomic E-state index is 14.2. The molecule has 20 heavy (non-hydrogen) atoms. The summed E-state index contributed by atoms with van der Waals surface area (Å²) in [5.74, 6) is -0.802. The second-order valence-corrected chi connectivity index (χ2v) is 5.02. The first-order chi connectivity index (χ1) is 9.54. The minimum Gasteiger partial charge on any atom is -0.396 e. The fourth-order valence-corrected chi connectivity index (χ4v) is 2.70. The van der Waals surface area contributed by atoms with E-state index in [4.69, 9.17) is 5.11 Å². The number of rotatable bonds is 4. The normalized spacial score (nSPS) is 14.1. The molecule has 0 saturated heterocycles. The molecule has 0 radical (unpaired) electrons. The standard InChI is InChI=1S/C15H18FNO3/c1-9(19)17-13-8-12(16)10(5-3-7-18)11-4-2-6-14(20)15(11)13/h8,18H,2-7H2,1H3,(H,17,19). The summed E-state index contributed by atoms with van der Waals surface area (Å²) in [4.78, 5) is 23.3. The molecule has 5 heteroatoms. The van der Waals surface area contributed by atoms with Crippen molar-refractivity contribution < 1.29 is 19.1 Å². The summed E-state index contributed by atoms with van der Waals surface area (Å²) in [6.45, 7) is 1.31. The first kappa shape index (κ1) is 14.7. The van der Waals surface area contributed by atoms with Crippen LogP contribution in [0.3, 0.4) is 0 Å². The van der Waals surface area contributed by atoms with Gasteiger partial charge in [0.15, 0.2) is 5.78 Å². The number of anilines is 1. The largest absolute Gasteiger partial charge is 0.396 e. The van der Waals surface area contributed by atoms with E-state index in [1.54, 1.807) is 0 Å². The van der Waals surface area contributed by atoms with E-state index in [2.05, 4.69) is 5.32 Å². The number of hydrogen-bond acceptors (Lipinski definition) is 3. The van der Waals surface area contributed by atoms with Gasteiger partial charge in [-0.15, -0.1) is 0 Å². The van der Waals surface area contributed by atoms with Gasteiger partial charge in [0.1, 0.15) is 5.82 Å². The van der Waals surface area contributed by atoms with Gasteiger partial charge in [-0.05, 0) is 42.9 Å². The lowest BCUT2D eigenvalue weighted by Gasteiger charge is -2.22. The number of fused-ring (bicyclic) bond motifs is 1. The molecule has 0 spiro atoms. The number of carbonyl (C=O) groups excluding carboxylic acids is 2. The van der Waals surface area contributed by atoms with E-state index in [9.17, 15) is 14.0 Å². The van der Waals surface area contributed by atoms with Gasteiger partial charge in [0, 0.05) is 25.5 Å². The molecule has 1 aromatic carbocycles. The maximum atomic E-state index is 14.2. The average molecular weight is 279 g/mol. The van der Waals surface area contributed by atoms with Gasteiger partial charge in [0.05, 0.1) is 5.69 Å². The van der Waals surface area contributed by atoms with Gasteiger partial charge in [-0.3, -0.25) is 9.59 Å². The molecule has 1 aliphatic rings. The maximum Gasteiger partial charge on any atom is 0.221 e. The highest BCUT2D eigenvalue weighted by Crippen LogP contribution is 2.33. The Morgan fingerprint density at radius 2 is 2.20 bits per heavy atom. The Hall–Kier alpha value is -1.75. The molecule has 0 bridgehead atoms. The minimum atomic E-state index is -0.421. The van der Waals surface area contributed by atoms with Crippen molar-refractivity contribution in [3.8, 4) is 0 Å². The fourth-order valence-electron chi connectivity index (χ4n) is 2.70. The quantitative estimate of drug-likeness (QED) is 0.888. The number of hydrogen-bond donors (Lipinski definition) is 2. The SMILES string of the molecule is CC(=O)Nc1cc(F)c(CCCO)c2c1C(=O)CCC2. The van der Waals surface area contributed by atoms with Crippen LogP contribution in [0.4, 0.5) is 10.1 Å². The van der Waals surface area contributed by atoms with E-state index in [1.165, 1.54) is 13.0 Å². The summed E-state index contributed by atoms with van der Waals surface area (Å²) in [6, 6.07) is 1.22. The van der Waals surface area contributed by atoms with Gasteiger partial charge < -0.3 is 10.4 Å². The van der Waals surface area contributed by atoms with Gasteiger partial charge in [-0.2, -0.15) is 0 Å². The average Bonchev–Trinajstić information content (AvgIpc) is 2.37. The Morgan fingerprint density at radius 3 is 2.85 bits per heavy atom. The number of benzene rings is 1. The zero-order valence-corrected chi connectivity index (χ0v) is 11.5. The molecule has 0 atom stereocenters. The van der Waals surface area contributed by atoms with E-state index in [0.29, 0.717) is 48.8 Å². The number of amides is 1. The van der Waals surface area contributed by atoms with Gasteiger partial charge in [0.2, 0.25) is 5.91 Å². The van der Waals surface area contributed by atoms with Crippen molar-refractivity contribution in [2.24, 2.45) is 0 Å². The predicted molar refractivity (Wildman–Crippen MR) is 73.4 cm³/mol. The topological polar surface area (TPSA) is 66.4 Å². The molecule has 0 unspecified atom stereocenters. The molecule has 0 saturated carbocycles. The molecule has 2 rings (SSSR count). The second kappa shape index (κ2) is 6.13. The van der Waals surface area contributed by atoms with Crippen molar-refractivity contribution in [2.75, 3.05) is 11.9 Å². The number of Topliss-reactive ketones (excluding diaryl/α,β-unsaturated/α-hetero) is 1. The smallest absolute Gasteiger partial charge is 0.221 e. The third kappa shape index (κ3) is 2.88. The molecule has 108 valence electrons. The van der Waals surface area contributed by atoms with Crippen molar-refractivity contribution in [3.63, 3.8) is 0 Å². The Kier molecular flexibility index (Phi) is 4.49. The van der Waals surface area contributed by atoms with Crippen LogP contribution in [0.15, 0.2) is 6.07 Å². The van der Waals surface area contributed by atoms with Crippen LogP contribution in [0, 0.1) is 5.82 Å². The van der Waals surface area contributed by atoms with Crippen molar-refractivity contribution >= 4 is 17.4 Å². The highest BCUT2D eigenvalue weighted by Gasteiger charge is 2.26. The van der Waals surface area contributed by atoms with Crippen molar-refractivity contribution in [1.82, 2.24) is 0 Å². The molecule has 1 amide bonds. The van der Waals surface area contributed by atoms with Crippen LogP contribution >= 0.6 is 0 Å². The molecular formula is C15H18FNO3. The molecule has 0 aromatic heterocycles. The lowest BCUT2D eigenvalue weighted by molar-refractivity contribution is -0.114. The summed E-state index contributed by atoms with van der Waals surface area (Å²) in [5, 5.41) is 11.4. The first-order valence-corrected chi connectivity index (χ1v) is 6.80. The minimum absolute atomic E-state index is 0.0182. The molecule has 0 aliphatic heterocycles. The summed E-state index contributed by atoms with van der Waals surface area (Å²) < 4.78 is 14.2. The zero-order valence-electron chi connectivity index (χ0n) is 11.5. The first-order valence-electron chi connectivity index (χ1n) is 6.80. The van der Waals surface area contributed by atoms with Crippen LogP contribution < -0.4 is 5.32 Å². The number of carbonyl (C=O) groups is 2. The number of aliphatic hydroxyl groups excluding tert-OH is 1.